The molecule has 0 saturated carbocycles. The largest absolute Gasteiger partial charge is 0.370 e. The van der Waals surface area contributed by atoms with E-state index in [1.54, 1.807) is 0 Å². The summed E-state index contributed by atoms with van der Waals surface area (Å²) in [5.41, 5.74) is 4.31. The van der Waals surface area contributed by atoms with Crippen LogP contribution in [-0.4, -0.2) is 35.7 Å². The second-order valence-corrected chi connectivity index (χ2v) is 7.57. The van der Waals surface area contributed by atoms with Crippen molar-refractivity contribution in [3.63, 3.8) is 0 Å². The molecule has 0 spiro atoms. The molecule has 2 aromatic rings. The predicted molar refractivity (Wildman–Crippen MR) is 102 cm³/mol. The maximum atomic E-state index is 12.1. The Hall–Kier alpha value is -1.95. The first-order valence-corrected chi connectivity index (χ1v) is 9.89. The first kappa shape index (κ1) is 17.9. The Morgan fingerprint density at radius 1 is 1.24 bits per heavy atom. The molecule has 1 saturated heterocycles. The van der Waals surface area contributed by atoms with Gasteiger partial charge in [-0.15, -0.1) is 0 Å². The van der Waals surface area contributed by atoms with E-state index in [0.717, 1.165) is 35.7 Å². The fraction of sp³-hybridized carbons (Fsp3) is 0.474. The van der Waals surface area contributed by atoms with Crippen molar-refractivity contribution in [2.75, 3.05) is 29.5 Å². The van der Waals surface area contributed by atoms with Gasteiger partial charge >= 0.3 is 0 Å². The summed E-state index contributed by atoms with van der Waals surface area (Å²) in [6.07, 6.45) is 1.12. The number of benzene rings is 1. The molecule has 6 heteroatoms. The Balaban J connectivity index is 1.45. The van der Waals surface area contributed by atoms with Crippen LogP contribution in [0.25, 0.3) is 0 Å². The van der Waals surface area contributed by atoms with Crippen LogP contribution in [0.3, 0.4) is 0 Å². The maximum absolute atomic E-state index is 12.1. The van der Waals surface area contributed by atoms with Crippen LogP contribution in [0, 0.1) is 13.8 Å². The molecule has 1 aliphatic rings. The van der Waals surface area contributed by atoms with E-state index >= 15 is 0 Å². The van der Waals surface area contributed by atoms with Crippen LogP contribution >= 0.6 is 11.8 Å². The molecule has 5 nitrogen and oxygen atoms in total. The number of hydrogen-bond acceptors (Lipinski definition) is 5. The van der Waals surface area contributed by atoms with Crippen LogP contribution in [0.4, 0.5) is 5.69 Å². The average molecular weight is 359 g/mol. The summed E-state index contributed by atoms with van der Waals surface area (Å²) in [5.74, 6) is 3.25. The topological polar surface area (TPSA) is 58.4 Å². The van der Waals surface area contributed by atoms with Crippen molar-refractivity contribution in [3.8, 4) is 0 Å². The minimum Gasteiger partial charge on any atom is -0.370 e. The van der Waals surface area contributed by atoms with Crippen LogP contribution in [0.2, 0.25) is 0 Å². The molecular formula is C19H25N3O2S. The number of nitrogens with one attached hydrogen (secondary N) is 1. The van der Waals surface area contributed by atoms with Gasteiger partial charge in [-0.2, -0.15) is 11.8 Å². The Bertz CT molecular complexity index is 686. The average Bonchev–Trinajstić information content (AvgIpc) is 2.97. The third-order valence-corrected chi connectivity index (χ3v) is 5.53. The van der Waals surface area contributed by atoms with Gasteiger partial charge in [0.1, 0.15) is 5.76 Å². The van der Waals surface area contributed by atoms with E-state index in [-0.39, 0.29) is 5.91 Å². The highest BCUT2D eigenvalue weighted by atomic mass is 32.2. The smallest absolute Gasteiger partial charge is 0.220 e. The summed E-state index contributed by atoms with van der Waals surface area (Å²) in [4.78, 5) is 14.5. The molecule has 1 aromatic carbocycles. The summed E-state index contributed by atoms with van der Waals surface area (Å²) < 4.78 is 5.13. The number of aromatic nitrogens is 1. The molecule has 25 heavy (non-hydrogen) atoms. The zero-order chi connectivity index (χ0) is 17.6. The third kappa shape index (κ3) is 4.78. The maximum Gasteiger partial charge on any atom is 0.220 e. The van der Waals surface area contributed by atoms with Gasteiger partial charge in [-0.3, -0.25) is 4.79 Å². The van der Waals surface area contributed by atoms with Gasteiger partial charge in [-0.25, -0.2) is 0 Å². The Morgan fingerprint density at radius 3 is 2.60 bits per heavy atom. The molecule has 0 atom stereocenters. The number of hydrogen-bond donors (Lipinski definition) is 1. The molecule has 0 radical (unpaired) electrons. The van der Waals surface area contributed by atoms with E-state index < -0.39 is 0 Å². The Labute approximate surface area is 153 Å². The molecule has 1 aromatic heterocycles. The van der Waals surface area contributed by atoms with Gasteiger partial charge in [0.2, 0.25) is 5.91 Å². The number of amides is 1. The first-order valence-electron chi connectivity index (χ1n) is 8.73. The van der Waals surface area contributed by atoms with E-state index in [1.165, 1.54) is 17.2 Å². The van der Waals surface area contributed by atoms with E-state index in [9.17, 15) is 4.79 Å². The number of nitrogens with zero attached hydrogens (tertiary/aromatic N) is 2. The Morgan fingerprint density at radius 2 is 1.96 bits per heavy atom. The lowest BCUT2D eigenvalue weighted by atomic mass is 10.1. The van der Waals surface area contributed by atoms with Crippen molar-refractivity contribution in [2.45, 2.75) is 33.2 Å². The number of carbonyl (C=O) groups is 1. The van der Waals surface area contributed by atoms with Crippen molar-refractivity contribution >= 4 is 23.4 Å². The summed E-state index contributed by atoms with van der Waals surface area (Å²) in [5, 5.41) is 6.91. The second kappa shape index (κ2) is 8.43. The molecule has 0 unspecified atom stereocenters. The van der Waals surface area contributed by atoms with Gasteiger partial charge in [-0.1, -0.05) is 17.3 Å². The van der Waals surface area contributed by atoms with Crippen molar-refractivity contribution in [1.82, 2.24) is 10.5 Å². The molecular weight excluding hydrogens is 334 g/mol. The molecule has 1 N–H and O–H groups in total. The monoisotopic (exact) mass is 359 g/mol. The fourth-order valence-corrected chi connectivity index (χ4v) is 3.94. The van der Waals surface area contributed by atoms with Crippen LogP contribution in [0.5, 0.6) is 0 Å². The molecule has 0 aliphatic carbocycles. The van der Waals surface area contributed by atoms with Gasteiger partial charge in [-0.05, 0) is 38.0 Å². The van der Waals surface area contributed by atoms with Crippen LogP contribution < -0.4 is 10.2 Å². The highest BCUT2D eigenvalue weighted by molar-refractivity contribution is 7.99. The van der Waals surface area contributed by atoms with Crippen molar-refractivity contribution in [2.24, 2.45) is 0 Å². The lowest BCUT2D eigenvalue weighted by molar-refractivity contribution is -0.121. The highest BCUT2D eigenvalue weighted by Gasteiger charge is 2.12. The molecule has 3 rings (SSSR count). The van der Waals surface area contributed by atoms with E-state index in [1.807, 2.05) is 25.6 Å². The quantitative estimate of drug-likeness (QED) is 0.859. The Kier molecular flexibility index (Phi) is 6.02. The number of aryl methyl sites for hydroxylation is 2. The molecule has 2 heterocycles. The fourth-order valence-electron chi connectivity index (χ4n) is 3.03. The van der Waals surface area contributed by atoms with E-state index in [2.05, 4.69) is 39.6 Å². The summed E-state index contributed by atoms with van der Waals surface area (Å²) in [7, 11) is 0. The molecule has 1 amide bonds. The van der Waals surface area contributed by atoms with Crippen molar-refractivity contribution in [1.29, 1.82) is 0 Å². The van der Waals surface area contributed by atoms with E-state index in [4.69, 9.17) is 4.52 Å². The van der Waals surface area contributed by atoms with Gasteiger partial charge < -0.3 is 14.7 Å². The number of thioether (sulfide) groups is 1. The van der Waals surface area contributed by atoms with Gasteiger partial charge in [0.15, 0.2) is 0 Å². The third-order valence-electron chi connectivity index (χ3n) is 4.59. The van der Waals surface area contributed by atoms with Crippen LogP contribution in [0.15, 0.2) is 28.8 Å². The summed E-state index contributed by atoms with van der Waals surface area (Å²) >= 11 is 2.01. The SMILES string of the molecule is Cc1noc(C)c1CCC(=O)NCc1ccc(N2CCSCC2)cc1. The zero-order valence-corrected chi connectivity index (χ0v) is 15.7. The normalized spacial score (nSPS) is 14.6. The molecule has 134 valence electrons. The van der Waals surface area contributed by atoms with Gasteiger partial charge in [0.25, 0.3) is 0 Å². The van der Waals surface area contributed by atoms with Crippen molar-refractivity contribution in [3.05, 3.63) is 46.8 Å². The lowest BCUT2D eigenvalue weighted by Crippen LogP contribution is -2.32. The van der Waals surface area contributed by atoms with Gasteiger partial charge in [0.05, 0.1) is 5.69 Å². The zero-order valence-electron chi connectivity index (χ0n) is 14.9. The number of carbonyl (C=O) groups excluding carboxylic acids is 1. The minimum absolute atomic E-state index is 0.0529. The molecule has 0 bridgehead atoms. The lowest BCUT2D eigenvalue weighted by Gasteiger charge is -2.28. The van der Waals surface area contributed by atoms with Crippen LogP contribution in [-0.2, 0) is 17.8 Å². The second-order valence-electron chi connectivity index (χ2n) is 6.35. The molecule has 1 aliphatic heterocycles. The number of anilines is 1. The van der Waals surface area contributed by atoms with Crippen LogP contribution in [0.1, 0.15) is 29.0 Å². The summed E-state index contributed by atoms with van der Waals surface area (Å²) in [6.45, 7) is 6.59. The summed E-state index contributed by atoms with van der Waals surface area (Å²) in [6, 6.07) is 8.51. The van der Waals surface area contributed by atoms with Crippen molar-refractivity contribution < 1.29 is 9.32 Å². The van der Waals surface area contributed by atoms with E-state index in [0.29, 0.717) is 19.4 Å². The highest BCUT2D eigenvalue weighted by Crippen LogP contribution is 2.20. The molecule has 1 fully saturated rings. The van der Waals surface area contributed by atoms with Gasteiger partial charge in [0, 0.05) is 48.8 Å². The minimum atomic E-state index is 0.0529. The number of rotatable bonds is 6. The predicted octanol–water partition coefficient (Wildman–Crippen LogP) is 3.09. The standard InChI is InChI=1S/C19H25N3O2S/c1-14-18(15(2)24-21-14)7-8-19(23)20-13-16-3-5-17(6-4-16)22-9-11-25-12-10-22/h3-6H,7-13H2,1-2H3,(H,20,23). The first-order chi connectivity index (χ1) is 12.1.